The first-order valence-corrected chi connectivity index (χ1v) is 8.50. The van der Waals surface area contributed by atoms with Gasteiger partial charge in [-0.05, 0) is 37.3 Å². The van der Waals surface area contributed by atoms with Gasteiger partial charge in [0.25, 0.3) is 15.9 Å². The van der Waals surface area contributed by atoms with Crippen molar-refractivity contribution >= 4 is 21.6 Å². The molecule has 0 fully saturated rings. The van der Waals surface area contributed by atoms with Crippen molar-refractivity contribution < 1.29 is 18.3 Å². The smallest absolute Gasteiger partial charge is 0.261 e. The lowest BCUT2D eigenvalue weighted by atomic mass is 10.2. The molecule has 0 radical (unpaired) electrons. The fraction of sp³-hybridized carbons (Fsp3) is 0.188. The van der Waals surface area contributed by atoms with Gasteiger partial charge in [-0.1, -0.05) is 24.3 Å². The van der Waals surface area contributed by atoms with Crippen LogP contribution in [0.1, 0.15) is 17.3 Å². The van der Waals surface area contributed by atoms with Crippen LogP contribution in [0.3, 0.4) is 0 Å². The van der Waals surface area contributed by atoms with Crippen LogP contribution in [0.5, 0.6) is 0 Å². The highest BCUT2D eigenvalue weighted by atomic mass is 32.2. The highest BCUT2D eigenvalue weighted by Crippen LogP contribution is 2.17. The van der Waals surface area contributed by atoms with Crippen LogP contribution in [-0.2, 0) is 10.0 Å². The Kier molecular flexibility index (Phi) is 5.36. The molecule has 0 bridgehead atoms. The number of anilines is 1. The van der Waals surface area contributed by atoms with Crippen LogP contribution in [0.4, 0.5) is 5.69 Å². The molecular weight excluding hydrogens is 316 g/mol. The zero-order chi connectivity index (χ0) is 16.9. The molecule has 0 aliphatic rings. The normalized spacial score (nSPS) is 12.4. The van der Waals surface area contributed by atoms with Crippen LogP contribution >= 0.6 is 0 Å². The molecule has 0 aliphatic carbocycles. The number of carbonyl (C=O) groups is 1. The molecule has 7 heteroatoms. The molecule has 0 saturated heterocycles. The molecule has 0 aromatic heterocycles. The molecule has 1 amide bonds. The van der Waals surface area contributed by atoms with E-state index < -0.39 is 10.0 Å². The predicted molar refractivity (Wildman–Crippen MR) is 87.7 cm³/mol. The van der Waals surface area contributed by atoms with Gasteiger partial charge < -0.3 is 10.4 Å². The number of rotatable bonds is 6. The Hall–Kier alpha value is -2.38. The maximum absolute atomic E-state index is 12.3. The van der Waals surface area contributed by atoms with E-state index in [4.69, 9.17) is 5.11 Å². The first-order chi connectivity index (χ1) is 10.9. The number of carbonyl (C=O) groups excluding carboxylic acids is 1. The minimum Gasteiger partial charge on any atom is -0.394 e. The Labute approximate surface area is 135 Å². The van der Waals surface area contributed by atoms with Crippen molar-refractivity contribution in [1.29, 1.82) is 0 Å². The molecule has 23 heavy (non-hydrogen) atoms. The van der Waals surface area contributed by atoms with Crippen molar-refractivity contribution in [2.24, 2.45) is 0 Å². The average molecular weight is 334 g/mol. The molecule has 2 aromatic carbocycles. The third-order valence-corrected chi connectivity index (χ3v) is 4.48. The van der Waals surface area contributed by atoms with Crippen LogP contribution in [0.25, 0.3) is 0 Å². The van der Waals surface area contributed by atoms with Crippen molar-refractivity contribution in [2.45, 2.75) is 17.9 Å². The number of sulfonamides is 1. The number of nitrogens with one attached hydrogen (secondary N) is 2. The zero-order valence-corrected chi connectivity index (χ0v) is 13.4. The topological polar surface area (TPSA) is 95.5 Å². The van der Waals surface area contributed by atoms with Crippen LogP contribution < -0.4 is 10.0 Å². The second-order valence-electron chi connectivity index (χ2n) is 5.06. The van der Waals surface area contributed by atoms with Crippen molar-refractivity contribution in [2.75, 3.05) is 11.3 Å². The number of aliphatic hydroxyl groups is 1. The summed E-state index contributed by atoms with van der Waals surface area (Å²) in [6.45, 7) is 1.49. The minimum atomic E-state index is -3.71. The maximum atomic E-state index is 12.3. The monoisotopic (exact) mass is 334 g/mol. The molecule has 2 rings (SSSR count). The van der Waals surface area contributed by atoms with E-state index in [1.807, 2.05) is 0 Å². The van der Waals surface area contributed by atoms with Crippen LogP contribution in [0.2, 0.25) is 0 Å². The van der Waals surface area contributed by atoms with Crippen LogP contribution in [-0.4, -0.2) is 32.1 Å². The Morgan fingerprint density at radius 3 is 2.48 bits per heavy atom. The van der Waals surface area contributed by atoms with E-state index in [2.05, 4.69) is 10.0 Å². The molecule has 6 nitrogen and oxygen atoms in total. The van der Waals surface area contributed by atoms with Gasteiger partial charge in [0.2, 0.25) is 0 Å². The summed E-state index contributed by atoms with van der Waals surface area (Å²) in [6.07, 6.45) is 0. The van der Waals surface area contributed by atoms with E-state index in [-0.39, 0.29) is 29.1 Å². The van der Waals surface area contributed by atoms with E-state index in [1.165, 1.54) is 18.2 Å². The van der Waals surface area contributed by atoms with Gasteiger partial charge in [-0.2, -0.15) is 0 Å². The van der Waals surface area contributed by atoms with E-state index in [0.717, 1.165) is 0 Å². The highest BCUT2D eigenvalue weighted by Gasteiger charge is 2.15. The number of aliphatic hydroxyl groups excluding tert-OH is 1. The standard InChI is InChI=1S/C16H18N2O4S/c1-12(11-19)17-16(20)13-6-5-7-14(10-13)18-23(21,22)15-8-3-2-4-9-15/h2-10,12,18-19H,11H2,1H3,(H,17,20). The van der Waals surface area contributed by atoms with Gasteiger partial charge in [-0.3, -0.25) is 9.52 Å². The van der Waals surface area contributed by atoms with Crippen molar-refractivity contribution in [3.05, 3.63) is 60.2 Å². The second-order valence-corrected chi connectivity index (χ2v) is 6.74. The Morgan fingerprint density at radius 2 is 1.83 bits per heavy atom. The fourth-order valence-electron chi connectivity index (χ4n) is 1.89. The maximum Gasteiger partial charge on any atom is 0.261 e. The molecule has 122 valence electrons. The summed E-state index contributed by atoms with van der Waals surface area (Å²) in [7, 11) is -3.71. The summed E-state index contributed by atoms with van der Waals surface area (Å²) in [4.78, 5) is 12.1. The summed E-state index contributed by atoms with van der Waals surface area (Å²) in [5, 5.41) is 11.6. The molecule has 0 heterocycles. The molecule has 0 saturated carbocycles. The summed E-state index contributed by atoms with van der Waals surface area (Å²) < 4.78 is 27.0. The fourth-order valence-corrected chi connectivity index (χ4v) is 2.96. The van der Waals surface area contributed by atoms with Gasteiger partial charge in [0.1, 0.15) is 0 Å². The molecule has 0 spiro atoms. The van der Waals surface area contributed by atoms with Gasteiger partial charge in [0.15, 0.2) is 0 Å². The average Bonchev–Trinajstić information content (AvgIpc) is 2.55. The Balaban J connectivity index is 2.19. The van der Waals surface area contributed by atoms with Gasteiger partial charge in [-0.15, -0.1) is 0 Å². The Morgan fingerprint density at radius 1 is 1.13 bits per heavy atom. The molecule has 2 aromatic rings. The number of hydrogen-bond donors (Lipinski definition) is 3. The van der Waals surface area contributed by atoms with Crippen LogP contribution in [0, 0.1) is 0 Å². The summed E-state index contributed by atoms with van der Waals surface area (Å²) in [5.41, 5.74) is 0.594. The molecule has 1 atom stereocenters. The number of benzene rings is 2. The lowest BCUT2D eigenvalue weighted by Crippen LogP contribution is -2.35. The SMILES string of the molecule is CC(CO)NC(=O)c1cccc(NS(=O)(=O)c2ccccc2)c1. The van der Waals surface area contributed by atoms with E-state index in [9.17, 15) is 13.2 Å². The first kappa shape index (κ1) is 17.0. The number of hydrogen-bond acceptors (Lipinski definition) is 4. The first-order valence-electron chi connectivity index (χ1n) is 7.02. The molecule has 1 unspecified atom stereocenters. The van der Waals surface area contributed by atoms with E-state index >= 15 is 0 Å². The van der Waals surface area contributed by atoms with Gasteiger partial charge >= 0.3 is 0 Å². The lowest BCUT2D eigenvalue weighted by molar-refractivity contribution is 0.0922. The third kappa shape index (κ3) is 4.54. The van der Waals surface area contributed by atoms with Gasteiger partial charge in [0, 0.05) is 17.3 Å². The summed E-state index contributed by atoms with van der Waals surface area (Å²) >= 11 is 0. The third-order valence-electron chi connectivity index (χ3n) is 3.08. The highest BCUT2D eigenvalue weighted by molar-refractivity contribution is 7.92. The van der Waals surface area contributed by atoms with E-state index in [0.29, 0.717) is 5.56 Å². The Bertz CT molecular complexity index is 776. The largest absolute Gasteiger partial charge is 0.394 e. The molecule has 0 aliphatic heterocycles. The van der Waals surface area contributed by atoms with Crippen LogP contribution in [0.15, 0.2) is 59.5 Å². The van der Waals surface area contributed by atoms with Crippen molar-refractivity contribution in [1.82, 2.24) is 5.32 Å². The summed E-state index contributed by atoms with van der Waals surface area (Å²) in [5.74, 6) is -0.382. The van der Waals surface area contributed by atoms with Gasteiger partial charge in [0.05, 0.1) is 11.5 Å². The van der Waals surface area contributed by atoms with E-state index in [1.54, 1.807) is 43.3 Å². The number of amides is 1. The second kappa shape index (κ2) is 7.26. The lowest BCUT2D eigenvalue weighted by Gasteiger charge is -2.12. The molecular formula is C16H18N2O4S. The quantitative estimate of drug-likeness (QED) is 0.748. The minimum absolute atomic E-state index is 0.142. The summed E-state index contributed by atoms with van der Waals surface area (Å²) in [6, 6.07) is 13.7. The predicted octanol–water partition coefficient (Wildman–Crippen LogP) is 1.60. The van der Waals surface area contributed by atoms with Gasteiger partial charge in [-0.25, -0.2) is 8.42 Å². The zero-order valence-electron chi connectivity index (χ0n) is 12.6. The van der Waals surface area contributed by atoms with Crippen molar-refractivity contribution in [3.8, 4) is 0 Å². The van der Waals surface area contributed by atoms with Crippen molar-refractivity contribution in [3.63, 3.8) is 0 Å². The molecule has 3 N–H and O–H groups in total.